The summed E-state index contributed by atoms with van der Waals surface area (Å²) < 4.78 is 5.37. The Kier molecular flexibility index (Phi) is 7.24. The molecule has 2 aliphatic rings. The van der Waals surface area contributed by atoms with Crippen molar-refractivity contribution in [2.45, 2.75) is 39.2 Å². The van der Waals surface area contributed by atoms with Crippen molar-refractivity contribution in [3.63, 3.8) is 0 Å². The minimum Gasteiger partial charge on any atom is -0.381 e. The fraction of sp³-hybridized carbons (Fsp3) is 0.778. The molecule has 0 bridgehead atoms. The van der Waals surface area contributed by atoms with Crippen LogP contribution in [0.1, 0.15) is 33.1 Å². The van der Waals surface area contributed by atoms with Gasteiger partial charge in [0.2, 0.25) is 11.8 Å². The van der Waals surface area contributed by atoms with Crippen molar-refractivity contribution in [2.75, 3.05) is 46.4 Å². The van der Waals surface area contributed by atoms with Crippen molar-refractivity contribution in [1.29, 1.82) is 0 Å². The Morgan fingerprint density at radius 3 is 2.75 bits per heavy atom. The lowest BCUT2D eigenvalue weighted by Crippen LogP contribution is -2.56. The van der Waals surface area contributed by atoms with Crippen LogP contribution in [0.4, 0.5) is 0 Å². The lowest BCUT2D eigenvalue weighted by atomic mass is 9.99. The van der Waals surface area contributed by atoms with E-state index in [0.29, 0.717) is 12.5 Å². The van der Waals surface area contributed by atoms with Crippen LogP contribution in [-0.2, 0) is 14.3 Å². The van der Waals surface area contributed by atoms with Gasteiger partial charge in [-0.3, -0.25) is 14.5 Å². The van der Waals surface area contributed by atoms with Gasteiger partial charge in [0, 0.05) is 46.4 Å². The molecule has 2 aliphatic heterocycles. The number of rotatable bonds is 6. The van der Waals surface area contributed by atoms with Gasteiger partial charge in [0.05, 0.1) is 12.5 Å². The van der Waals surface area contributed by atoms with Gasteiger partial charge < -0.3 is 15.0 Å². The van der Waals surface area contributed by atoms with Gasteiger partial charge in [0.25, 0.3) is 0 Å². The third kappa shape index (κ3) is 5.60. The maximum atomic E-state index is 12.6. The monoisotopic (exact) mass is 337 g/mol. The third-order valence-corrected chi connectivity index (χ3v) is 4.84. The van der Waals surface area contributed by atoms with Gasteiger partial charge in [-0.2, -0.15) is 0 Å². The number of carbonyl (C=O) groups is 2. The first-order chi connectivity index (χ1) is 11.5. The number of allylic oxidation sites excluding steroid dienone is 1. The highest BCUT2D eigenvalue weighted by Crippen LogP contribution is 2.17. The molecule has 0 spiro atoms. The van der Waals surface area contributed by atoms with Gasteiger partial charge in [-0.25, -0.2) is 0 Å². The van der Waals surface area contributed by atoms with Gasteiger partial charge in [0.15, 0.2) is 0 Å². The molecule has 2 saturated heterocycles. The van der Waals surface area contributed by atoms with Gasteiger partial charge in [-0.1, -0.05) is 11.6 Å². The summed E-state index contributed by atoms with van der Waals surface area (Å²) in [7, 11) is 1.85. The Hall–Kier alpha value is -1.40. The van der Waals surface area contributed by atoms with Crippen LogP contribution in [-0.4, -0.2) is 74.1 Å². The van der Waals surface area contributed by atoms with Crippen LogP contribution in [0.5, 0.6) is 0 Å². The maximum absolute atomic E-state index is 12.6. The van der Waals surface area contributed by atoms with Crippen molar-refractivity contribution in [2.24, 2.45) is 5.92 Å². The van der Waals surface area contributed by atoms with E-state index in [-0.39, 0.29) is 24.3 Å². The lowest BCUT2D eigenvalue weighted by molar-refractivity contribution is -0.138. The molecule has 0 saturated carbocycles. The van der Waals surface area contributed by atoms with E-state index in [1.54, 1.807) is 4.90 Å². The molecule has 2 heterocycles. The zero-order chi connectivity index (χ0) is 17.5. The Labute approximate surface area is 145 Å². The first-order valence-corrected chi connectivity index (χ1v) is 8.94. The molecule has 2 rings (SSSR count). The van der Waals surface area contributed by atoms with E-state index >= 15 is 0 Å². The normalized spacial score (nSPS) is 22.8. The topological polar surface area (TPSA) is 61.9 Å². The van der Waals surface area contributed by atoms with E-state index in [1.165, 1.54) is 5.57 Å². The number of nitrogens with zero attached hydrogens (tertiary/aromatic N) is 2. The van der Waals surface area contributed by atoms with E-state index in [9.17, 15) is 9.59 Å². The molecule has 1 N–H and O–H groups in total. The number of piperazine rings is 1. The highest BCUT2D eigenvalue weighted by atomic mass is 16.5. The highest BCUT2D eigenvalue weighted by Gasteiger charge is 2.32. The van der Waals surface area contributed by atoms with Crippen LogP contribution in [0.15, 0.2) is 11.6 Å². The van der Waals surface area contributed by atoms with Crippen LogP contribution in [0.3, 0.4) is 0 Å². The number of nitrogens with one attached hydrogen (secondary N) is 1. The van der Waals surface area contributed by atoms with Crippen molar-refractivity contribution in [3.05, 3.63) is 11.6 Å². The molecule has 2 amide bonds. The maximum Gasteiger partial charge on any atom is 0.237 e. The molecule has 0 aromatic heterocycles. The summed E-state index contributed by atoms with van der Waals surface area (Å²) in [5.41, 5.74) is 1.22. The standard InChI is InChI=1S/C18H31N3O3/c1-14(2)4-8-21-9-7-19-18(23)16(21)12-17(22)20(3)13-15-5-10-24-11-6-15/h4,15-16H,5-13H2,1-3H3,(H,19,23). The molecule has 6 nitrogen and oxygen atoms in total. The first-order valence-electron chi connectivity index (χ1n) is 8.94. The number of hydrogen-bond donors (Lipinski definition) is 1. The van der Waals surface area contributed by atoms with Gasteiger partial charge in [-0.05, 0) is 32.6 Å². The van der Waals surface area contributed by atoms with Crippen LogP contribution in [0, 0.1) is 5.92 Å². The highest BCUT2D eigenvalue weighted by molar-refractivity contribution is 5.88. The Balaban J connectivity index is 1.90. The molecule has 2 fully saturated rings. The van der Waals surface area contributed by atoms with Crippen molar-refractivity contribution in [3.8, 4) is 0 Å². The van der Waals surface area contributed by atoms with Crippen molar-refractivity contribution < 1.29 is 14.3 Å². The molecule has 0 radical (unpaired) electrons. The van der Waals surface area contributed by atoms with E-state index in [0.717, 1.165) is 45.7 Å². The van der Waals surface area contributed by atoms with E-state index in [4.69, 9.17) is 4.74 Å². The molecule has 0 aliphatic carbocycles. The molecule has 1 atom stereocenters. The Morgan fingerprint density at radius 1 is 1.38 bits per heavy atom. The molecular weight excluding hydrogens is 306 g/mol. The van der Waals surface area contributed by atoms with Crippen LogP contribution >= 0.6 is 0 Å². The Morgan fingerprint density at radius 2 is 2.08 bits per heavy atom. The van der Waals surface area contributed by atoms with Gasteiger partial charge in [-0.15, -0.1) is 0 Å². The molecular formula is C18H31N3O3. The largest absolute Gasteiger partial charge is 0.381 e. The number of amides is 2. The molecule has 24 heavy (non-hydrogen) atoms. The average Bonchev–Trinajstić information content (AvgIpc) is 2.56. The summed E-state index contributed by atoms with van der Waals surface area (Å²) >= 11 is 0. The molecule has 6 heteroatoms. The number of hydrogen-bond acceptors (Lipinski definition) is 4. The van der Waals surface area contributed by atoms with Crippen LogP contribution in [0.2, 0.25) is 0 Å². The SMILES string of the molecule is CC(C)=CCN1CCNC(=O)C1CC(=O)N(C)CC1CCOCC1. The van der Waals surface area contributed by atoms with Crippen LogP contribution in [0.25, 0.3) is 0 Å². The summed E-state index contributed by atoms with van der Waals surface area (Å²) in [6.45, 7) is 8.58. The fourth-order valence-electron chi connectivity index (χ4n) is 3.24. The zero-order valence-corrected chi connectivity index (χ0v) is 15.2. The molecule has 136 valence electrons. The first kappa shape index (κ1) is 18.9. The zero-order valence-electron chi connectivity index (χ0n) is 15.2. The third-order valence-electron chi connectivity index (χ3n) is 4.84. The second-order valence-electron chi connectivity index (χ2n) is 7.12. The lowest BCUT2D eigenvalue weighted by Gasteiger charge is -2.35. The van der Waals surface area contributed by atoms with E-state index in [2.05, 4.69) is 16.3 Å². The average molecular weight is 337 g/mol. The number of carbonyl (C=O) groups excluding carboxylic acids is 2. The second-order valence-corrected chi connectivity index (χ2v) is 7.12. The fourth-order valence-corrected chi connectivity index (χ4v) is 3.24. The van der Waals surface area contributed by atoms with Crippen molar-refractivity contribution >= 4 is 11.8 Å². The van der Waals surface area contributed by atoms with Crippen LogP contribution < -0.4 is 5.32 Å². The summed E-state index contributed by atoms with van der Waals surface area (Å²) in [6, 6.07) is -0.362. The summed E-state index contributed by atoms with van der Waals surface area (Å²) in [5, 5.41) is 2.89. The second kappa shape index (κ2) is 9.18. The van der Waals surface area contributed by atoms with E-state index < -0.39 is 0 Å². The predicted molar refractivity (Wildman–Crippen MR) is 93.6 cm³/mol. The number of ether oxygens (including phenoxy) is 1. The minimum absolute atomic E-state index is 0.0313. The summed E-state index contributed by atoms with van der Waals surface area (Å²) in [4.78, 5) is 28.7. The quantitative estimate of drug-likeness (QED) is 0.736. The predicted octanol–water partition coefficient (Wildman–Crippen LogP) is 1.03. The van der Waals surface area contributed by atoms with Gasteiger partial charge in [0.1, 0.15) is 0 Å². The minimum atomic E-state index is -0.362. The Bertz CT molecular complexity index is 468. The van der Waals surface area contributed by atoms with E-state index in [1.807, 2.05) is 20.9 Å². The summed E-state index contributed by atoms with van der Waals surface area (Å²) in [6.07, 6.45) is 4.38. The molecule has 0 aromatic rings. The molecule has 0 aromatic carbocycles. The summed E-state index contributed by atoms with van der Waals surface area (Å²) in [5.74, 6) is 0.525. The van der Waals surface area contributed by atoms with Gasteiger partial charge >= 0.3 is 0 Å². The smallest absolute Gasteiger partial charge is 0.237 e. The van der Waals surface area contributed by atoms with Crippen molar-refractivity contribution in [1.82, 2.24) is 15.1 Å². The molecule has 1 unspecified atom stereocenters.